The second-order valence-corrected chi connectivity index (χ2v) is 5.01. The van der Waals surface area contributed by atoms with Gasteiger partial charge in [0, 0.05) is 12.6 Å². The molecule has 1 heterocycles. The quantitative estimate of drug-likeness (QED) is 0.816. The van der Waals surface area contributed by atoms with Crippen molar-refractivity contribution in [2.45, 2.75) is 45.6 Å². The number of rotatable bonds is 4. The second kappa shape index (κ2) is 4.72. The van der Waals surface area contributed by atoms with Crippen LogP contribution in [0.5, 0.6) is 0 Å². The Balaban J connectivity index is 2.13. The first-order chi connectivity index (χ1) is 7.66. The Morgan fingerprint density at radius 1 is 1.44 bits per heavy atom. The molecule has 0 radical (unpaired) electrons. The van der Waals surface area contributed by atoms with Crippen LogP contribution in [0, 0.1) is 5.92 Å². The third-order valence-electron chi connectivity index (χ3n) is 3.08. The zero-order chi connectivity index (χ0) is 11.5. The first kappa shape index (κ1) is 11.2. The molecule has 1 aliphatic rings. The van der Waals surface area contributed by atoms with E-state index in [0.29, 0.717) is 17.9 Å². The van der Waals surface area contributed by atoms with Gasteiger partial charge in [0.2, 0.25) is 11.9 Å². The monoisotopic (exact) mass is 223 g/mol. The highest BCUT2D eigenvalue weighted by Crippen LogP contribution is 2.27. The van der Waals surface area contributed by atoms with Crippen molar-refractivity contribution in [3.63, 3.8) is 0 Å². The highest BCUT2D eigenvalue weighted by atomic mass is 15.4. The summed E-state index contributed by atoms with van der Waals surface area (Å²) in [4.78, 5) is 6.56. The molecule has 5 heteroatoms. The Kier molecular flexibility index (Phi) is 3.31. The fourth-order valence-corrected chi connectivity index (χ4v) is 2.40. The largest absolute Gasteiger partial charge is 0.368 e. The summed E-state index contributed by atoms with van der Waals surface area (Å²) in [6.45, 7) is 5.44. The molecular formula is C11H21N5. The van der Waals surface area contributed by atoms with Crippen LogP contribution in [0.1, 0.15) is 39.5 Å². The highest BCUT2D eigenvalue weighted by molar-refractivity contribution is 5.35. The lowest BCUT2D eigenvalue weighted by molar-refractivity contribution is 0.526. The van der Waals surface area contributed by atoms with Crippen molar-refractivity contribution in [2.24, 2.45) is 5.92 Å². The summed E-state index contributed by atoms with van der Waals surface area (Å²) >= 11 is 0. The van der Waals surface area contributed by atoms with E-state index < -0.39 is 0 Å². The third kappa shape index (κ3) is 2.46. The number of nitrogens with two attached hydrogens (primary N) is 1. The predicted molar refractivity (Wildman–Crippen MR) is 65.2 cm³/mol. The number of hydrogen-bond acceptors (Lipinski definition) is 4. The first-order valence-corrected chi connectivity index (χ1v) is 6.11. The van der Waals surface area contributed by atoms with Crippen molar-refractivity contribution in [1.29, 1.82) is 0 Å². The number of hydrogen-bond donors (Lipinski definition) is 2. The lowest BCUT2D eigenvalue weighted by Crippen LogP contribution is -2.37. The van der Waals surface area contributed by atoms with E-state index in [1.165, 1.54) is 25.7 Å². The fourth-order valence-electron chi connectivity index (χ4n) is 2.40. The lowest BCUT2D eigenvalue weighted by Gasteiger charge is -2.29. The van der Waals surface area contributed by atoms with Crippen LogP contribution >= 0.6 is 0 Å². The molecule has 90 valence electrons. The molecule has 0 aromatic carbocycles. The van der Waals surface area contributed by atoms with Crippen molar-refractivity contribution >= 4 is 11.9 Å². The third-order valence-corrected chi connectivity index (χ3v) is 3.08. The number of nitrogen functional groups attached to an aromatic ring is 1. The van der Waals surface area contributed by atoms with E-state index in [9.17, 15) is 0 Å². The van der Waals surface area contributed by atoms with E-state index in [0.717, 1.165) is 12.5 Å². The molecular weight excluding hydrogens is 202 g/mol. The summed E-state index contributed by atoms with van der Waals surface area (Å²) in [5.41, 5.74) is 5.59. The average molecular weight is 223 g/mol. The van der Waals surface area contributed by atoms with E-state index in [2.05, 4.69) is 33.9 Å². The summed E-state index contributed by atoms with van der Waals surface area (Å²) in [6, 6.07) is 0.595. The number of H-pyrrole nitrogens is 1. The maximum atomic E-state index is 5.59. The zero-order valence-corrected chi connectivity index (χ0v) is 10.1. The molecule has 0 spiro atoms. The van der Waals surface area contributed by atoms with E-state index in [4.69, 9.17) is 5.73 Å². The number of nitrogens with zero attached hydrogens (tertiary/aromatic N) is 3. The van der Waals surface area contributed by atoms with E-state index in [1.54, 1.807) is 0 Å². The number of aromatic amines is 1. The molecule has 16 heavy (non-hydrogen) atoms. The van der Waals surface area contributed by atoms with Gasteiger partial charge < -0.3 is 10.6 Å². The van der Waals surface area contributed by atoms with E-state index in [1.807, 2.05) is 0 Å². The van der Waals surface area contributed by atoms with Crippen LogP contribution in [-0.2, 0) is 0 Å². The van der Waals surface area contributed by atoms with Crippen molar-refractivity contribution in [3.05, 3.63) is 0 Å². The van der Waals surface area contributed by atoms with Gasteiger partial charge in [-0.3, -0.25) is 0 Å². The maximum Gasteiger partial charge on any atom is 0.246 e. The van der Waals surface area contributed by atoms with Gasteiger partial charge in [-0.2, -0.15) is 4.98 Å². The average Bonchev–Trinajstić information content (AvgIpc) is 2.84. The molecule has 1 aliphatic carbocycles. The molecule has 1 aromatic rings. The second-order valence-electron chi connectivity index (χ2n) is 5.01. The summed E-state index contributed by atoms with van der Waals surface area (Å²) in [6.07, 6.45) is 5.14. The van der Waals surface area contributed by atoms with Gasteiger partial charge in [0.1, 0.15) is 0 Å². The van der Waals surface area contributed by atoms with Gasteiger partial charge in [-0.1, -0.05) is 26.7 Å². The van der Waals surface area contributed by atoms with Crippen molar-refractivity contribution in [3.8, 4) is 0 Å². The van der Waals surface area contributed by atoms with Crippen LogP contribution < -0.4 is 10.6 Å². The molecule has 0 unspecified atom stereocenters. The lowest BCUT2D eigenvalue weighted by atomic mass is 10.1. The van der Waals surface area contributed by atoms with Crippen molar-refractivity contribution in [2.75, 3.05) is 17.2 Å². The van der Waals surface area contributed by atoms with E-state index in [-0.39, 0.29) is 0 Å². The minimum atomic E-state index is 0.404. The summed E-state index contributed by atoms with van der Waals surface area (Å²) < 4.78 is 0. The normalized spacial score (nSPS) is 17.2. The van der Waals surface area contributed by atoms with Gasteiger partial charge in [-0.05, 0) is 18.8 Å². The van der Waals surface area contributed by atoms with Crippen molar-refractivity contribution in [1.82, 2.24) is 15.2 Å². The SMILES string of the molecule is CC(C)CN(c1n[nH]c(N)n1)C1CCCC1. The van der Waals surface area contributed by atoms with E-state index >= 15 is 0 Å². The smallest absolute Gasteiger partial charge is 0.246 e. The highest BCUT2D eigenvalue weighted by Gasteiger charge is 2.25. The van der Waals surface area contributed by atoms with Crippen LogP contribution in [0.25, 0.3) is 0 Å². The molecule has 0 saturated heterocycles. The van der Waals surface area contributed by atoms with Crippen LogP contribution in [0.2, 0.25) is 0 Å². The Bertz CT molecular complexity index is 327. The molecule has 0 amide bonds. The Morgan fingerprint density at radius 3 is 2.62 bits per heavy atom. The predicted octanol–water partition coefficient (Wildman–Crippen LogP) is 1.79. The van der Waals surface area contributed by atoms with Gasteiger partial charge in [-0.25, -0.2) is 5.10 Å². The Labute approximate surface area is 96.4 Å². The Hall–Kier alpha value is -1.26. The number of anilines is 2. The van der Waals surface area contributed by atoms with Gasteiger partial charge in [-0.15, -0.1) is 5.10 Å². The van der Waals surface area contributed by atoms with Gasteiger partial charge in [0.15, 0.2) is 0 Å². The molecule has 3 N–H and O–H groups in total. The minimum Gasteiger partial charge on any atom is -0.368 e. The minimum absolute atomic E-state index is 0.404. The summed E-state index contributed by atoms with van der Waals surface area (Å²) in [5, 5.41) is 6.90. The van der Waals surface area contributed by atoms with Gasteiger partial charge in [0.25, 0.3) is 0 Å². The molecule has 1 fully saturated rings. The summed E-state index contributed by atoms with van der Waals surface area (Å²) in [7, 11) is 0. The first-order valence-electron chi connectivity index (χ1n) is 6.11. The molecule has 2 rings (SSSR count). The van der Waals surface area contributed by atoms with Gasteiger partial charge >= 0.3 is 0 Å². The topological polar surface area (TPSA) is 70.8 Å². The molecule has 0 bridgehead atoms. The van der Waals surface area contributed by atoms with Crippen LogP contribution in [-0.4, -0.2) is 27.8 Å². The maximum absolute atomic E-state index is 5.59. The Morgan fingerprint density at radius 2 is 2.12 bits per heavy atom. The molecule has 0 aliphatic heterocycles. The zero-order valence-electron chi connectivity index (χ0n) is 10.1. The standard InChI is InChI=1S/C11H21N5/c1-8(2)7-16(9-5-3-4-6-9)11-13-10(12)14-15-11/h8-9H,3-7H2,1-2H3,(H3,12,13,14,15). The molecule has 5 nitrogen and oxygen atoms in total. The molecule has 1 saturated carbocycles. The number of nitrogens with one attached hydrogen (secondary N) is 1. The van der Waals surface area contributed by atoms with Crippen LogP contribution in [0.3, 0.4) is 0 Å². The number of aromatic nitrogens is 3. The van der Waals surface area contributed by atoms with Gasteiger partial charge in [0.05, 0.1) is 0 Å². The van der Waals surface area contributed by atoms with Crippen molar-refractivity contribution < 1.29 is 0 Å². The molecule has 1 aromatic heterocycles. The van der Waals surface area contributed by atoms with Crippen LogP contribution in [0.4, 0.5) is 11.9 Å². The fraction of sp³-hybridized carbons (Fsp3) is 0.818. The molecule has 0 atom stereocenters. The van der Waals surface area contributed by atoms with Crippen LogP contribution in [0.15, 0.2) is 0 Å². The summed E-state index contributed by atoms with van der Waals surface area (Å²) in [5.74, 6) is 1.78.